The zero-order chi connectivity index (χ0) is 37.9. The SMILES string of the molecule is Cc1ccc(S(=O)(=O)Nc2nc3ccccc3nc2Cl)c(F)c1.Cc1ccc(S(N)(=O)=O)c(F)c1.Clc1nc2ccccc2nc1Cl.O=CO[O-].[H-].[K+].[K+]. The predicted molar refractivity (Wildman–Crippen MR) is 187 cm³/mol. The number of hydrogen-bond donors (Lipinski definition) is 2. The molecular formula is C31H25Cl3F2K2N6O7S2. The number of nitrogens with zero attached hydrogens (tertiary/aromatic N) is 4. The number of aromatic nitrogens is 4. The minimum atomic E-state index is -4.16. The van der Waals surface area contributed by atoms with Crippen LogP contribution in [0.5, 0.6) is 0 Å². The van der Waals surface area contributed by atoms with Gasteiger partial charge in [-0.3, -0.25) is 9.52 Å². The zero-order valence-electron chi connectivity index (χ0n) is 29.1. The van der Waals surface area contributed by atoms with E-state index in [1.54, 1.807) is 38.1 Å². The second-order valence-electron chi connectivity index (χ2n) is 9.86. The van der Waals surface area contributed by atoms with Gasteiger partial charge in [-0.05, 0) is 73.5 Å². The van der Waals surface area contributed by atoms with Crippen molar-refractivity contribution in [2.75, 3.05) is 4.72 Å². The molecule has 0 amide bonds. The van der Waals surface area contributed by atoms with Gasteiger partial charge in [0.15, 0.2) is 21.3 Å². The van der Waals surface area contributed by atoms with Crippen molar-refractivity contribution in [3.8, 4) is 0 Å². The first-order chi connectivity index (χ1) is 24.0. The van der Waals surface area contributed by atoms with Crippen LogP contribution >= 0.6 is 34.8 Å². The molecule has 4 aromatic carbocycles. The van der Waals surface area contributed by atoms with Gasteiger partial charge < -0.3 is 11.6 Å². The molecule has 22 heteroatoms. The quantitative estimate of drug-likeness (QED) is 0.100. The van der Waals surface area contributed by atoms with Gasteiger partial charge >= 0.3 is 103 Å². The van der Waals surface area contributed by atoms with Crippen molar-refractivity contribution in [3.63, 3.8) is 0 Å². The van der Waals surface area contributed by atoms with Crippen LogP contribution in [0.25, 0.3) is 22.1 Å². The number of benzene rings is 4. The summed E-state index contributed by atoms with van der Waals surface area (Å²) in [5, 5.41) is 13.6. The molecule has 0 aliphatic carbocycles. The number of para-hydroxylation sites is 4. The maximum Gasteiger partial charge on any atom is 1.00 e. The Balaban J connectivity index is 0.000000775. The number of rotatable bonds is 5. The molecule has 0 atom stereocenters. The topological polar surface area (TPSA) is 207 Å². The summed E-state index contributed by atoms with van der Waals surface area (Å²) in [4.78, 5) is 26.6. The number of carbonyl (C=O) groups is 1. The molecule has 0 unspecified atom stereocenters. The van der Waals surface area contributed by atoms with Gasteiger partial charge in [-0.1, -0.05) is 71.2 Å². The first kappa shape index (κ1) is 49.7. The van der Waals surface area contributed by atoms with Gasteiger partial charge in [0.1, 0.15) is 21.4 Å². The molecule has 0 aliphatic heterocycles. The van der Waals surface area contributed by atoms with Crippen LogP contribution in [0.2, 0.25) is 15.5 Å². The summed E-state index contributed by atoms with van der Waals surface area (Å²) in [7, 11) is -8.09. The normalized spacial score (nSPS) is 10.4. The second kappa shape index (κ2) is 23.0. The Morgan fingerprint density at radius 3 is 1.42 bits per heavy atom. The average Bonchev–Trinajstić information content (AvgIpc) is 3.05. The van der Waals surface area contributed by atoms with Crippen molar-refractivity contribution >= 4 is 89.2 Å². The molecule has 2 aromatic heterocycles. The van der Waals surface area contributed by atoms with Crippen LogP contribution in [0, 0.1) is 25.5 Å². The predicted octanol–water partition coefficient (Wildman–Crippen LogP) is -0.195. The molecule has 6 aromatic rings. The van der Waals surface area contributed by atoms with E-state index < -0.39 is 41.5 Å². The second-order valence-corrected chi connectivity index (χ2v) is 14.1. The molecule has 0 saturated carbocycles. The third-order valence-corrected chi connectivity index (χ3v) is 9.26. The number of fused-ring (bicyclic) bond motifs is 2. The maximum absolute atomic E-state index is 13.9. The Morgan fingerprint density at radius 2 is 1.06 bits per heavy atom. The third-order valence-electron chi connectivity index (χ3n) is 6.06. The standard InChI is InChI=1S/C15H11ClFN3O2S.C8H4Cl2N2.C7H8FNO2S.CH2O3.2K.H/c1-9-6-7-13(10(17)8-9)23(21,22)20-15-14(16)18-11-4-2-3-5-12(11)19-15;9-7-8(10)12-6-4-2-1-3-5(6)11-7;1-5-2-3-7(6(8)4-5)12(9,10)11;2-1-4-3;;;/h2-8H,1H3,(H,19,20);1-4H;2-4H,1H3,(H2,9,10,11);1,3H;;;/q;;;;2*+1;-1/p-1. The van der Waals surface area contributed by atoms with Gasteiger partial charge in [-0.15, -0.1) is 0 Å². The van der Waals surface area contributed by atoms with Gasteiger partial charge in [0.05, 0.1) is 22.1 Å². The summed E-state index contributed by atoms with van der Waals surface area (Å²) in [6.07, 6.45) is 0. The Morgan fingerprint density at radius 1 is 0.698 bits per heavy atom. The van der Waals surface area contributed by atoms with E-state index in [1.807, 2.05) is 24.3 Å². The summed E-state index contributed by atoms with van der Waals surface area (Å²) in [6.45, 7) is 3.15. The number of nitrogens with one attached hydrogen (secondary N) is 1. The molecule has 0 spiro atoms. The van der Waals surface area contributed by atoms with E-state index in [0.29, 0.717) is 22.2 Å². The fourth-order valence-corrected chi connectivity index (χ4v) is 6.00. The Bertz CT molecular complexity index is 2390. The van der Waals surface area contributed by atoms with Crippen LogP contribution in [0.1, 0.15) is 12.6 Å². The van der Waals surface area contributed by atoms with Gasteiger partial charge in [0, 0.05) is 0 Å². The fraction of sp³-hybridized carbons (Fsp3) is 0.0645. The number of sulfonamides is 2. The molecule has 0 aliphatic rings. The van der Waals surface area contributed by atoms with Crippen molar-refractivity contribution in [2.45, 2.75) is 23.6 Å². The zero-order valence-corrected chi connectivity index (χ0v) is 38.2. The molecule has 53 heavy (non-hydrogen) atoms. The summed E-state index contributed by atoms with van der Waals surface area (Å²) in [5.41, 5.74) is 3.78. The number of halogens is 5. The van der Waals surface area contributed by atoms with Gasteiger partial charge in [0.2, 0.25) is 10.0 Å². The van der Waals surface area contributed by atoms with E-state index in [4.69, 9.17) is 50.0 Å². The van der Waals surface area contributed by atoms with Gasteiger partial charge in [0.25, 0.3) is 16.5 Å². The fourth-order valence-electron chi connectivity index (χ4n) is 3.84. The van der Waals surface area contributed by atoms with Crippen LogP contribution in [0.15, 0.2) is 94.7 Å². The molecular weight excluding hydrogens is 855 g/mol. The van der Waals surface area contributed by atoms with Crippen molar-refractivity contribution in [2.24, 2.45) is 5.14 Å². The molecule has 0 radical (unpaired) electrons. The van der Waals surface area contributed by atoms with E-state index in [1.165, 1.54) is 18.2 Å². The number of nitrogens with two attached hydrogens (primary N) is 1. The Labute approximate surface area is 404 Å². The molecule has 13 nitrogen and oxygen atoms in total. The minimum absolute atomic E-state index is 0. The summed E-state index contributed by atoms with van der Waals surface area (Å²) >= 11 is 17.3. The number of anilines is 1. The molecule has 0 fully saturated rings. The van der Waals surface area contributed by atoms with Crippen molar-refractivity contribution in [1.82, 2.24) is 19.9 Å². The number of carbonyl (C=O) groups excluding carboxylic acids is 1. The van der Waals surface area contributed by atoms with Crippen molar-refractivity contribution in [1.29, 1.82) is 0 Å². The number of primary sulfonamides is 1. The van der Waals surface area contributed by atoms with Crippen molar-refractivity contribution < 1.29 is 145 Å². The number of hydrogen-bond acceptors (Lipinski definition) is 11. The summed E-state index contributed by atoms with van der Waals surface area (Å²) in [6, 6.07) is 21.9. The van der Waals surface area contributed by atoms with E-state index >= 15 is 0 Å². The Hall–Kier alpha value is -1.35. The van der Waals surface area contributed by atoms with Crippen LogP contribution in [-0.4, -0.2) is 43.2 Å². The molecule has 270 valence electrons. The molecule has 2 heterocycles. The van der Waals surface area contributed by atoms with Crippen LogP contribution in [-0.2, 0) is 29.7 Å². The molecule has 0 saturated heterocycles. The molecule has 0 bridgehead atoms. The molecule has 6 rings (SSSR count). The molecule has 3 N–H and O–H groups in total. The maximum atomic E-state index is 13.9. The largest absolute Gasteiger partial charge is 1.00 e. The first-order valence-corrected chi connectivity index (χ1v) is 17.9. The van der Waals surface area contributed by atoms with Crippen LogP contribution in [0.4, 0.5) is 14.6 Å². The van der Waals surface area contributed by atoms with E-state index in [-0.39, 0.29) is 132 Å². The first-order valence-electron chi connectivity index (χ1n) is 13.8. The van der Waals surface area contributed by atoms with E-state index in [2.05, 4.69) is 29.5 Å². The summed E-state index contributed by atoms with van der Waals surface area (Å²) < 4.78 is 75.1. The smallest absolute Gasteiger partial charge is 1.00 e. The van der Waals surface area contributed by atoms with Gasteiger partial charge in [-0.25, -0.2) is 50.7 Å². The minimum Gasteiger partial charge on any atom is -1.00 e. The van der Waals surface area contributed by atoms with E-state index in [9.17, 15) is 25.6 Å². The van der Waals surface area contributed by atoms with Crippen LogP contribution < -0.4 is 118 Å². The Kier molecular flexibility index (Phi) is 21.6. The number of aryl methyl sites for hydroxylation is 2. The van der Waals surface area contributed by atoms with E-state index in [0.717, 1.165) is 29.2 Å². The van der Waals surface area contributed by atoms with Crippen LogP contribution in [0.3, 0.4) is 0 Å². The van der Waals surface area contributed by atoms with Crippen molar-refractivity contribution in [3.05, 3.63) is 123 Å². The third kappa shape index (κ3) is 15.3. The van der Waals surface area contributed by atoms with Gasteiger partial charge in [-0.2, -0.15) is 0 Å². The summed E-state index contributed by atoms with van der Waals surface area (Å²) in [5.74, 6) is -1.80. The average molecular weight is 880 g/mol. The monoisotopic (exact) mass is 878 g/mol.